The molecule has 2 aliphatic rings. The van der Waals surface area contributed by atoms with Gasteiger partial charge in [0, 0.05) is 29.3 Å². The van der Waals surface area contributed by atoms with Gasteiger partial charge in [0.1, 0.15) is 5.60 Å². The van der Waals surface area contributed by atoms with Crippen molar-refractivity contribution in [1.82, 2.24) is 0 Å². The zero-order valence-electron chi connectivity index (χ0n) is 18.4. The lowest BCUT2D eigenvalue weighted by molar-refractivity contribution is -0.147. The normalized spacial score (nSPS) is 30.3. The van der Waals surface area contributed by atoms with Crippen molar-refractivity contribution in [3.63, 3.8) is 0 Å². The molecule has 12 heteroatoms. The number of nitrogens with one attached hydrogen (secondary N) is 1. The summed E-state index contributed by atoms with van der Waals surface area (Å²) in [4.78, 5) is 12.3. The zero-order valence-corrected chi connectivity index (χ0v) is 20.0. The Morgan fingerprint density at radius 3 is 2.40 bits per heavy atom. The number of benzene rings is 2. The minimum atomic E-state index is -4.24. The number of hydrogen-bond donors (Lipinski definition) is 4. The number of aliphatic hydroxyl groups excluding tert-OH is 2. The molecule has 2 fully saturated rings. The summed E-state index contributed by atoms with van der Waals surface area (Å²) in [6.45, 7) is 1.08. The number of carbonyl (C=O) groups is 1. The third kappa shape index (κ3) is 4.33. The van der Waals surface area contributed by atoms with Crippen molar-refractivity contribution in [2.45, 2.75) is 41.6 Å². The van der Waals surface area contributed by atoms with Crippen LogP contribution in [0.3, 0.4) is 0 Å². The average Bonchev–Trinajstić information content (AvgIpc) is 3.08. The predicted octanol–water partition coefficient (Wildman–Crippen LogP) is 2.91. The molecule has 4 N–H and O–H groups in total. The molecule has 0 aliphatic heterocycles. The highest BCUT2D eigenvalue weighted by Crippen LogP contribution is 2.54. The van der Waals surface area contributed by atoms with Crippen LogP contribution >= 0.6 is 11.6 Å². The van der Waals surface area contributed by atoms with E-state index in [1.165, 1.54) is 12.1 Å². The highest BCUT2D eigenvalue weighted by Gasteiger charge is 2.61. The number of rotatable bonds is 5. The first kappa shape index (κ1) is 25.9. The Hall–Kier alpha value is -2.18. The van der Waals surface area contributed by atoms with Gasteiger partial charge in [-0.3, -0.25) is 4.79 Å². The molecule has 4 rings (SSSR count). The Kier molecular flexibility index (Phi) is 6.69. The summed E-state index contributed by atoms with van der Waals surface area (Å²) in [6.07, 6.45) is -1.31. The predicted molar refractivity (Wildman–Crippen MR) is 120 cm³/mol. The van der Waals surface area contributed by atoms with E-state index in [0.717, 1.165) is 6.07 Å². The summed E-state index contributed by atoms with van der Waals surface area (Å²) in [6, 6.07) is 4.57. The number of carbonyl (C=O) groups excluding carboxylic acids is 1. The van der Waals surface area contributed by atoms with Gasteiger partial charge in [-0.05, 0) is 42.9 Å². The van der Waals surface area contributed by atoms with Gasteiger partial charge in [0.05, 0.1) is 27.9 Å². The van der Waals surface area contributed by atoms with E-state index in [1.54, 1.807) is 6.92 Å². The maximum atomic E-state index is 13.7. The standard InChI is InChI=1S/C23H23ClF3NO6S/c1-10-4-13-20(14(10)8-23(32,9-29)21(13)30)35(33,34)18-5-11(2-3-15(18)24)22(31)28-12-6-16(25)19(27)17(26)7-12/h2-3,5-7,10,13-14,20-21,29-30,32H,4,8-9H2,1H3,(H,28,31)/t10-,13+,14?,20?,21?,23+/m0/s1. The Morgan fingerprint density at radius 2 is 1.80 bits per heavy atom. The highest BCUT2D eigenvalue weighted by atomic mass is 35.5. The molecule has 0 heterocycles. The van der Waals surface area contributed by atoms with E-state index in [0.29, 0.717) is 18.6 Å². The fourth-order valence-corrected chi connectivity index (χ4v) is 8.30. The van der Waals surface area contributed by atoms with E-state index in [2.05, 4.69) is 5.32 Å². The molecule has 1 amide bonds. The smallest absolute Gasteiger partial charge is 0.255 e. The van der Waals surface area contributed by atoms with Crippen molar-refractivity contribution in [3.05, 3.63) is 58.4 Å². The van der Waals surface area contributed by atoms with Crippen molar-refractivity contribution in [3.8, 4) is 0 Å². The second-order valence-electron chi connectivity index (χ2n) is 9.31. The van der Waals surface area contributed by atoms with Gasteiger partial charge in [-0.25, -0.2) is 21.6 Å². The number of fused-ring (bicyclic) bond motifs is 2. The van der Waals surface area contributed by atoms with Gasteiger partial charge in [-0.2, -0.15) is 0 Å². The van der Waals surface area contributed by atoms with Gasteiger partial charge >= 0.3 is 0 Å². The summed E-state index contributed by atoms with van der Waals surface area (Å²) in [5.74, 6) is -7.27. The summed E-state index contributed by atoms with van der Waals surface area (Å²) in [5, 5.41) is 31.8. The second-order valence-corrected chi connectivity index (χ2v) is 11.8. The molecule has 0 radical (unpaired) electrons. The average molecular weight is 534 g/mol. The van der Waals surface area contributed by atoms with E-state index < -0.39 is 68.6 Å². The van der Waals surface area contributed by atoms with Crippen LogP contribution < -0.4 is 5.32 Å². The van der Waals surface area contributed by atoms with Crippen LogP contribution in [0.25, 0.3) is 0 Å². The molecule has 0 aromatic heterocycles. The van der Waals surface area contributed by atoms with Gasteiger partial charge in [-0.15, -0.1) is 0 Å². The third-order valence-corrected chi connectivity index (χ3v) is 9.95. The topological polar surface area (TPSA) is 124 Å². The number of halogens is 4. The number of amides is 1. The van der Waals surface area contributed by atoms with Crippen LogP contribution in [0.4, 0.5) is 18.9 Å². The second kappa shape index (κ2) is 9.04. The Bertz CT molecular complexity index is 1270. The third-order valence-electron chi connectivity index (χ3n) is 7.14. The van der Waals surface area contributed by atoms with Crippen LogP contribution in [0.5, 0.6) is 0 Å². The van der Waals surface area contributed by atoms with Crippen LogP contribution in [0.2, 0.25) is 5.02 Å². The number of hydrogen-bond acceptors (Lipinski definition) is 6. The first-order valence-corrected chi connectivity index (χ1v) is 12.7. The lowest BCUT2D eigenvalue weighted by Gasteiger charge is -2.44. The Labute approximate surface area is 204 Å². The van der Waals surface area contributed by atoms with Gasteiger partial charge in [0.15, 0.2) is 27.3 Å². The molecule has 2 bridgehead atoms. The van der Waals surface area contributed by atoms with Crippen LogP contribution in [0.1, 0.15) is 30.1 Å². The monoisotopic (exact) mass is 533 g/mol. The van der Waals surface area contributed by atoms with Crippen LogP contribution in [-0.2, 0) is 9.84 Å². The molecule has 190 valence electrons. The van der Waals surface area contributed by atoms with Crippen LogP contribution in [-0.4, -0.2) is 53.2 Å². The summed E-state index contributed by atoms with van der Waals surface area (Å²) >= 11 is 6.19. The largest absolute Gasteiger partial charge is 0.393 e. The van der Waals surface area contributed by atoms with E-state index in [9.17, 15) is 41.7 Å². The zero-order chi connectivity index (χ0) is 25.9. The SMILES string of the molecule is C[C@H]1C[C@H]2C(O)[C@](O)(CO)CC1C2S(=O)(=O)c1cc(C(=O)Nc2cc(F)c(F)c(F)c2)ccc1Cl. The van der Waals surface area contributed by atoms with Crippen molar-refractivity contribution < 1.29 is 41.7 Å². The van der Waals surface area contributed by atoms with Crippen molar-refractivity contribution in [1.29, 1.82) is 0 Å². The molecule has 6 atom stereocenters. The Balaban J connectivity index is 1.68. The summed E-state index contributed by atoms with van der Waals surface area (Å²) < 4.78 is 67.5. The highest BCUT2D eigenvalue weighted by molar-refractivity contribution is 7.92. The molecule has 0 saturated heterocycles. The van der Waals surface area contributed by atoms with Crippen LogP contribution in [0, 0.1) is 35.2 Å². The number of sulfone groups is 1. The first-order chi connectivity index (χ1) is 16.3. The van der Waals surface area contributed by atoms with Gasteiger partial charge < -0.3 is 20.6 Å². The summed E-state index contributed by atoms with van der Waals surface area (Å²) in [5.41, 5.74) is -2.39. The lowest BCUT2D eigenvalue weighted by atomic mass is 9.74. The molecule has 2 aromatic rings. The van der Waals surface area contributed by atoms with Crippen molar-refractivity contribution in [2.24, 2.45) is 17.8 Å². The van der Waals surface area contributed by atoms with E-state index in [-0.39, 0.29) is 33.5 Å². The first-order valence-electron chi connectivity index (χ1n) is 10.8. The number of aliphatic hydroxyl groups is 3. The minimum absolute atomic E-state index is 0.133. The maximum absolute atomic E-state index is 13.7. The molecule has 2 saturated carbocycles. The number of anilines is 1. The fraction of sp³-hybridized carbons (Fsp3) is 0.435. The van der Waals surface area contributed by atoms with Gasteiger partial charge in [-0.1, -0.05) is 18.5 Å². The van der Waals surface area contributed by atoms with E-state index in [4.69, 9.17) is 11.6 Å². The molecule has 35 heavy (non-hydrogen) atoms. The minimum Gasteiger partial charge on any atom is -0.393 e. The van der Waals surface area contributed by atoms with Crippen molar-refractivity contribution in [2.75, 3.05) is 11.9 Å². The van der Waals surface area contributed by atoms with E-state index >= 15 is 0 Å². The van der Waals surface area contributed by atoms with Gasteiger partial charge in [0.2, 0.25) is 0 Å². The molecule has 0 spiro atoms. The molecular formula is C23H23ClF3NO6S. The molecule has 7 nitrogen and oxygen atoms in total. The quantitative estimate of drug-likeness (QED) is 0.438. The van der Waals surface area contributed by atoms with Crippen LogP contribution in [0.15, 0.2) is 35.2 Å². The molecule has 2 aliphatic carbocycles. The lowest BCUT2D eigenvalue weighted by Crippen LogP contribution is -2.58. The summed E-state index contributed by atoms with van der Waals surface area (Å²) in [7, 11) is -4.24. The maximum Gasteiger partial charge on any atom is 0.255 e. The molecule has 2 aromatic carbocycles. The van der Waals surface area contributed by atoms with E-state index in [1.807, 2.05) is 0 Å². The van der Waals surface area contributed by atoms with Crippen molar-refractivity contribution >= 4 is 33.0 Å². The molecule has 3 unspecified atom stereocenters. The van der Waals surface area contributed by atoms with Gasteiger partial charge in [0.25, 0.3) is 5.91 Å². The molecular weight excluding hydrogens is 511 g/mol. The fourth-order valence-electron chi connectivity index (χ4n) is 5.39. The Morgan fingerprint density at radius 1 is 1.17 bits per heavy atom.